The van der Waals surface area contributed by atoms with Crippen LogP contribution in [-0.2, 0) is 9.84 Å². The van der Waals surface area contributed by atoms with Gasteiger partial charge in [-0.15, -0.1) is 0 Å². The van der Waals surface area contributed by atoms with E-state index < -0.39 is 9.84 Å². The third-order valence-corrected chi connectivity index (χ3v) is 3.57. The SMILES string of the molecule is [N-]=[N+]=NCC1CCS(=O)(=O)C1. The van der Waals surface area contributed by atoms with E-state index in [2.05, 4.69) is 10.0 Å². The molecule has 0 radical (unpaired) electrons. The molecule has 1 fully saturated rings. The Morgan fingerprint density at radius 3 is 2.82 bits per heavy atom. The maximum Gasteiger partial charge on any atom is 0.150 e. The molecule has 6 heteroatoms. The standard InChI is InChI=1S/C5H9N3O2S/c6-8-7-3-5-1-2-11(9,10)4-5/h5H,1-4H2. The lowest BCUT2D eigenvalue weighted by atomic mass is 10.1. The summed E-state index contributed by atoms with van der Waals surface area (Å²) in [4.78, 5) is 2.58. The van der Waals surface area contributed by atoms with Crippen LogP contribution in [0.15, 0.2) is 5.11 Å². The van der Waals surface area contributed by atoms with Gasteiger partial charge in [-0.3, -0.25) is 0 Å². The first kappa shape index (κ1) is 8.36. The average molecular weight is 175 g/mol. The van der Waals surface area contributed by atoms with Crippen LogP contribution >= 0.6 is 0 Å². The molecule has 1 aliphatic rings. The van der Waals surface area contributed by atoms with E-state index in [-0.39, 0.29) is 17.4 Å². The highest BCUT2D eigenvalue weighted by atomic mass is 32.2. The van der Waals surface area contributed by atoms with Crippen LogP contribution in [0.5, 0.6) is 0 Å². The van der Waals surface area contributed by atoms with E-state index in [1.54, 1.807) is 0 Å². The molecule has 0 saturated carbocycles. The fourth-order valence-electron chi connectivity index (χ4n) is 1.17. The molecule has 0 N–H and O–H groups in total. The van der Waals surface area contributed by atoms with Gasteiger partial charge in [0.05, 0.1) is 11.5 Å². The van der Waals surface area contributed by atoms with E-state index >= 15 is 0 Å². The van der Waals surface area contributed by atoms with Crippen molar-refractivity contribution in [1.82, 2.24) is 0 Å². The summed E-state index contributed by atoms with van der Waals surface area (Å²) in [6.45, 7) is 0.315. The smallest absolute Gasteiger partial charge is 0.150 e. The molecule has 1 atom stereocenters. The highest BCUT2D eigenvalue weighted by molar-refractivity contribution is 7.91. The second kappa shape index (κ2) is 3.11. The Bertz CT molecular complexity index is 278. The molecule has 0 aromatic carbocycles. The second-order valence-electron chi connectivity index (χ2n) is 2.68. The van der Waals surface area contributed by atoms with Crippen LogP contribution in [0.2, 0.25) is 0 Å². The molecule has 1 rings (SSSR count). The van der Waals surface area contributed by atoms with Crippen molar-refractivity contribution in [3.8, 4) is 0 Å². The number of sulfone groups is 1. The number of hydrogen-bond donors (Lipinski definition) is 0. The highest BCUT2D eigenvalue weighted by Gasteiger charge is 2.26. The third-order valence-electron chi connectivity index (χ3n) is 1.73. The zero-order valence-corrected chi connectivity index (χ0v) is 6.79. The van der Waals surface area contributed by atoms with Gasteiger partial charge in [-0.05, 0) is 17.9 Å². The van der Waals surface area contributed by atoms with Gasteiger partial charge in [-0.1, -0.05) is 5.11 Å². The largest absolute Gasteiger partial charge is 0.229 e. The van der Waals surface area contributed by atoms with E-state index in [1.807, 2.05) is 0 Å². The molecule has 0 aromatic rings. The van der Waals surface area contributed by atoms with E-state index in [0.29, 0.717) is 13.0 Å². The molecule has 5 nitrogen and oxygen atoms in total. The van der Waals surface area contributed by atoms with Crippen LogP contribution in [0.3, 0.4) is 0 Å². The summed E-state index contributed by atoms with van der Waals surface area (Å²) in [7, 11) is -2.81. The molecular weight excluding hydrogens is 166 g/mol. The highest BCUT2D eigenvalue weighted by Crippen LogP contribution is 2.18. The van der Waals surface area contributed by atoms with Crippen LogP contribution < -0.4 is 0 Å². The van der Waals surface area contributed by atoms with Gasteiger partial charge in [-0.2, -0.15) is 0 Å². The first-order valence-electron chi connectivity index (χ1n) is 3.35. The number of rotatable bonds is 2. The fourth-order valence-corrected chi connectivity index (χ4v) is 3.02. The predicted octanol–water partition coefficient (Wildman–Crippen LogP) is 0.731. The van der Waals surface area contributed by atoms with Gasteiger partial charge >= 0.3 is 0 Å². The van der Waals surface area contributed by atoms with Crippen molar-refractivity contribution in [3.05, 3.63) is 10.4 Å². The van der Waals surface area contributed by atoms with Crippen LogP contribution in [0.4, 0.5) is 0 Å². The van der Waals surface area contributed by atoms with Gasteiger partial charge in [0.25, 0.3) is 0 Å². The Morgan fingerprint density at radius 1 is 1.64 bits per heavy atom. The molecule has 1 heterocycles. The third kappa shape index (κ3) is 2.40. The van der Waals surface area contributed by atoms with Gasteiger partial charge in [-0.25, -0.2) is 8.42 Å². The van der Waals surface area contributed by atoms with Gasteiger partial charge in [0.15, 0.2) is 9.84 Å². The van der Waals surface area contributed by atoms with Crippen molar-refractivity contribution < 1.29 is 8.42 Å². The lowest BCUT2D eigenvalue weighted by Crippen LogP contribution is -2.06. The summed E-state index contributed by atoms with van der Waals surface area (Å²) in [5, 5.41) is 3.34. The van der Waals surface area contributed by atoms with E-state index in [1.165, 1.54) is 0 Å². The summed E-state index contributed by atoms with van der Waals surface area (Å²) in [6, 6.07) is 0. The topological polar surface area (TPSA) is 82.9 Å². The maximum atomic E-state index is 10.9. The van der Waals surface area contributed by atoms with Gasteiger partial charge in [0.2, 0.25) is 0 Å². The molecule has 1 unspecified atom stereocenters. The molecule has 1 saturated heterocycles. The van der Waals surface area contributed by atoms with Crippen LogP contribution in [-0.4, -0.2) is 26.5 Å². The zero-order chi connectivity index (χ0) is 8.32. The van der Waals surface area contributed by atoms with Crippen LogP contribution in [0.25, 0.3) is 10.4 Å². The number of nitrogens with zero attached hydrogens (tertiary/aromatic N) is 3. The number of azide groups is 1. The van der Waals surface area contributed by atoms with Crippen molar-refractivity contribution in [3.63, 3.8) is 0 Å². The van der Waals surface area contributed by atoms with E-state index in [4.69, 9.17) is 5.53 Å². The fraction of sp³-hybridized carbons (Fsp3) is 1.00. The maximum absolute atomic E-state index is 10.9. The molecule has 0 amide bonds. The lowest BCUT2D eigenvalue weighted by molar-refractivity contribution is 0.590. The van der Waals surface area contributed by atoms with Crippen LogP contribution in [0.1, 0.15) is 6.42 Å². The molecule has 0 bridgehead atoms. The van der Waals surface area contributed by atoms with Crippen molar-refractivity contribution in [2.24, 2.45) is 11.0 Å². The lowest BCUT2D eigenvalue weighted by Gasteiger charge is -1.98. The minimum absolute atomic E-state index is 0.0518. The minimum Gasteiger partial charge on any atom is -0.229 e. The van der Waals surface area contributed by atoms with Crippen LogP contribution in [0, 0.1) is 5.92 Å². The predicted molar refractivity (Wildman–Crippen MR) is 40.8 cm³/mol. The van der Waals surface area contributed by atoms with E-state index in [9.17, 15) is 8.42 Å². The summed E-state index contributed by atoms with van der Waals surface area (Å²) in [5.74, 6) is 0.487. The Hall–Kier alpha value is -0.740. The van der Waals surface area contributed by atoms with Crippen molar-refractivity contribution >= 4 is 9.84 Å². The Morgan fingerprint density at radius 2 is 2.36 bits per heavy atom. The normalized spacial score (nSPS) is 27.8. The summed E-state index contributed by atoms with van der Waals surface area (Å²) < 4.78 is 21.7. The first-order chi connectivity index (χ1) is 5.14. The quantitative estimate of drug-likeness (QED) is 0.352. The molecule has 0 spiro atoms. The summed E-state index contributed by atoms with van der Waals surface area (Å²) in [5.41, 5.74) is 7.97. The first-order valence-corrected chi connectivity index (χ1v) is 5.17. The molecule has 0 aliphatic carbocycles. The summed E-state index contributed by atoms with van der Waals surface area (Å²) in [6.07, 6.45) is 0.640. The molecule has 11 heavy (non-hydrogen) atoms. The Kier molecular flexibility index (Phi) is 2.36. The average Bonchev–Trinajstić information content (AvgIpc) is 2.26. The molecule has 1 aliphatic heterocycles. The molecule has 62 valence electrons. The Labute approximate surface area is 65.0 Å². The Balaban J connectivity index is 2.49. The summed E-state index contributed by atoms with van der Waals surface area (Å²) >= 11 is 0. The van der Waals surface area contributed by atoms with Gasteiger partial charge in [0, 0.05) is 11.5 Å². The van der Waals surface area contributed by atoms with Crippen molar-refractivity contribution in [1.29, 1.82) is 0 Å². The minimum atomic E-state index is -2.81. The monoisotopic (exact) mass is 175 g/mol. The van der Waals surface area contributed by atoms with Gasteiger partial charge < -0.3 is 0 Å². The number of hydrogen-bond acceptors (Lipinski definition) is 3. The molecular formula is C5H9N3O2S. The van der Waals surface area contributed by atoms with Gasteiger partial charge in [0.1, 0.15) is 0 Å². The van der Waals surface area contributed by atoms with Crippen molar-refractivity contribution in [2.75, 3.05) is 18.1 Å². The van der Waals surface area contributed by atoms with Crippen molar-refractivity contribution in [2.45, 2.75) is 6.42 Å². The second-order valence-corrected chi connectivity index (χ2v) is 4.91. The van der Waals surface area contributed by atoms with E-state index in [0.717, 1.165) is 0 Å². The molecule has 0 aromatic heterocycles. The zero-order valence-electron chi connectivity index (χ0n) is 5.97.